The Morgan fingerprint density at radius 1 is 1.43 bits per heavy atom. The fraction of sp³-hybridized carbons (Fsp3) is 0.533. The van der Waals surface area contributed by atoms with E-state index in [0.717, 1.165) is 5.56 Å². The van der Waals surface area contributed by atoms with Crippen molar-refractivity contribution in [3.05, 3.63) is 29.3 Å². The van der Waals surface area contributed by atoms with Gasteiger partial charge in [0.2, 0.25) is 0 Å². The minimum atomic E-state index is -0.985. The summed E-state index contributed by atoms with van der Waals surface area (Å²) in [7, 11) is 1.56. The lowest BCUT2D eigenvalue weighted by Gasteiger charge is -2.24. The maximum atomic E-state index is 10.9. The number of carboxylic acid groups (broad SMARTS) is 1. The fourth-order valence-electron chi connectivity index (χ4n) is 2.17. The van der Waals surface area contributed by atoms with Crippen LogP contribution in [0.4, 0.5) is 0 Å². The van der Waals surface area contributed by atoms with E-state index in [1.807, 2.05) is 6.92 Å². The summed E-state index contributed by atoms with van der Waals surface area (Å²) >= 11 is 0. The molecular formula is C15H23NO5. The second-order valence-corrected chi connectivity index (χ2v) is 4.90. The highest BCUT2D eigenvalue weighted by molar-refractivity contribution is 5.67. The molecule has 0 saturated carbocycles. The number of benzene rings is 1. The molecule has 1 aromatic rings. The molecule has 0 aliphatic carbocycles. The van der Waals surface area contributed by atoms with E-state index in [1.165, 1.54) is 0 Å². The summed E-state index contributed by atoms with van der Waals surface area (Å²) < 4.78 is 5.12. The summed E-state index contributed by atoms with van der Waals surface area (Å²) in [6.07, 6.45) is -0.631. The van der Waals surface area contributed by atoms with Crippen LogP contribution in [0.25, 0.3) is 0 Å². The van der Waals surface area contributed by atoms with Crippen molar-refractivity contribution in [3.63, 3.8) is 0 Å². The number of ether oxygens (including phenoxy) is 1. The molecular weight excluding hydrogens is 274 g/mol. The average molecular weight is 297 g/mol. The number of carbonyl (C=O) groups is 1. The first-order valence-corrected chi connectivity index (χ1v) is 6.88. The highest BCUT2D eigenvalue weighted by atomic mass is 16.5. The lowest BCUT2D eigenvalue weighted by molar-refractivity contribution is -0.138. The molecule has 0 radical (unpaired) electrons. The molecule has 0 aliphatic heterocycles. The Morgan fingerprint density at radius 3 is 2.67 bits per heavy atom. The molecule has 0 bridgehead atoms. The molecule has 0 heterocycles. The molecule has 21 heavy (non-hydrogen) atoms. The minimum Gasteiger partial charge on any atom is -0.497 e. The summed E-state index contributed by atoms with van der Waals surface area (Å²) in [6, 6.07) is 4.66. The number of rotatable bonds is 9. The van der Waals surface area contributed by atoms with Gasteiger partial charge >= 0.3 is 5.97 Å². The van der Waals surface area contributed by atoms with Crippen molar-refractivity contribution in [3.8, 4) is 5.75 Å². The predicted molar refractivity (Wildman–Crippen MR) is 78.4 cm³/mol. The largest absolute Gasteiger partial charge is 0.497 e. The molecule has 6 nitrogen and oxygen atoms in total. The van der Waals surface area contributed by atoms with Gasteiger partial charge in [0.15, 0.2) is 0 Å². The van der Waals surface area contributed by atoms with Crippen molar-refractivity contribution < 1.29 is 24.9 Å². The van der Waals surface area contributed by atoms with Crippen LogP contribution in [0.3, 0.4) is 0 Å². The van der Waals surface area contributed by atoms with Gasteiger partial charge in [-0.05, 0) is 43.1 Å². The Kier molecular flexibility index (Phi) is 7.14. The Bertz CT molecular complexity index is 463. The number of aliphatic hydroxyl groups excluding tert-OH is 2. The van der Waals surface area contributed by atoms with E-state index in [-0.39, 0.29) is 13.0 Å². The third kappa shape index (κ3) is 5.34. The molecule has 0 fully saturated rings. The zero-order valence-electron chi connectivity index (χ0n) is 12.4. The summed E-state index contributed by atoms with van der Waals surface area (Å²) in [5.41, 5.74) is 1.50. The highest BCUT2D eigenvalue weighted by Gasteiger charge is 2.24. The van der Waals surface area contributed by atoms with Gasteiger partial charge in [0.1, 0.15) is 5.75 Å². The van der Waals surface area contributed by atoms with E-state index in [9.17, 15) is 9.90 Å². The molecule has 0 saturated heterocycles. The molecule has 0 amide bonds. The van der Waals surface area contributed by atoms with Crippen molar-refractivity contribution >= 4 is 5.97 Å². The Labute approximate surface area is 124 Å². The van der Waals surface area contributed by atoms with Crippen LogP contribution in [0.5, 0.6) is 5.75 Å². The number of aliphatic carboxylic acids is 1. The first-order chi connectivity index (χ1) is 9.99. The Hall–Kier alpha value is -1.63. The molecule has 6 heteroatoms. The lowest BCUT2D eigenvalue weighted by atomic mass is 9.95. The number of methoxy groups -OCH3 is 1. The van der Waals surface area contributed by atoms with Crippen molar-refractivity contribution in [1.29, 1.82) is 0 Å². The van der Waals surface area contributed by atoms with E-state index in [4.69, 9.17) is 14.9 Å². The number of carboxylic acids is 1. The van der Waals surface area contributed by atoms with Crippen LogP contribution in [0.2, 0.25) is 0 Å². The highest BCUT2D eigenvalue weighted by Crippen LogP contribution is 2.25. The van der Waals surface area contributed by atoms with Gasteiger partial charge < -0.3 is 25.4 Å². The zero-order valence-corrected chi connectivity index (χ0v) is 12.4. The van der Waals surface area contributed by atoms with Crippen LogP contribution in [0.1, 0.15) is 30.1 Å². The molecule has 0 aromatic heterocycles. The monoisotopic (exact) mass is 297 g/mol. The molecule has 118 valence electrons. The van der Waals surface area contributed by atoms with E-state index < -0.39 is 18.1 Å². The molecule has 0 spiro atoms. The SMILES string of the molecule is COc1ccc(C(O)C(CC(=O)O)NCCCO)c(C)c1. The fourth-order valence-corrected chi connectivity index (χ4v) is 2.17. The van der Waals surface area contributed by atoms with Crippen molar-refractivity contribution in [2.45, 2.75) is 31.9 Å². The number of hydrogen-bond donors (Lipinski definition) is 4. The van der Waals surface area contributed by atoms with Crippen LogP contribution < -0.4 is 10.1 Å². The van der Waals surface area contributed by atoms with Crippen molar-refractivity contribution in [2.24, 2.45) is 0 Å². The first-order valence-electron chi connectivity index (χ1n) is 6.88. The number of hydrogen-bond acceptors (Lipinski definition) is 5. The van der Waals surface area contributed by atoms with Gasteiger partial charge in [-0.1, -0.05) is 6.07 Å². The molecule has 0 aliphatic rings. The summed E-state index contributed by atoms with van der Waals surface area (Å²) in [4.78, 5) is 10.9. The smallest absolute Gasteiger partial charge is 0.305 e. The number of aliphatic hydroxyl groups is 2. The number of nitrogens with one attached hydrogen (secondary N) is 1. The van der Waals surface area contributed by atoms with Crippen LogP contribution in [-0.2, 0) is 4.79 Å². The third-order valence-electron chi connectivity index (χ3n) is 3.31. The second kappa shape index (κ2) is 8.61. The van der Waals surface area contributed by atoms with Crippen LogP contribution in [0, 0.1) is 6.92 Å². The predicted octanol–water partition coefficient (Wildman–Crippen LogP) is 0.852. The quantitative estimate of drug-likeness (QED) is 0.504. The van der Waals surface area contributed by atoms with E-state index in [0.29, 0.717) is 24.3 Å². The van der Waals surface area contributed by atoms with Crippen LogP contribution in [-0.4, -0.2) is 47.6 Å². The maximum absolute atomic E-state index is 10.9. The summed E-state index contributed by atoms with van der Waals surface area (Å²) in [5.74, 6) is -0.298. The van der Waals surface area contributed by atoms with Gasteiger partial charge in [-0.2, -0.15) is 0 Å². The van der Waals surface area contributed by atoms with Crippen molar-refractivity contribution in [2.75, 3.05) is 20.3 Å². The van der Waals surface area contributed by atoms with E-state index >= 15 is 0 Å². The summed E-state index contributed by atoms with van der Waals surface area (Å²) in [5, 5.41) is 31.2. The molecule has 1 aromatic carbocycles. The van der Waals surface area contributed by atoms with Crippen molar-refractivity contribution in [1.82, 2.24) is 5.32 Å². The van der Waals surface area contributed by atoms with Crippen LogP contribution in [0.15, 0.2) is 18.2 Å². The first kappa shape index (κ1) is 17.4. The standard InChI is InChI=1S/C15H23NO5/c1-10-8-11(21-2)4-5-12(10)15(20)13(9-14(18)19)16-6-3-7-17/h4-5,8,13,15-17,20H,3,6-7,9H2,1-2H3,(H,18,19). The maximum Gasteiger partial charge on any atom is 0.305 e. The van der Waals surface area contributed by atoms with Gasteiger partial charge in [-0.15, -0.1) is 0 Å². The van der Waals surface area contributed by atoms with E-state index in [1.54, 1.807) is 25.3 Å². The normalized spacial score (nSPS) is 13.7. The third-order valence-corrected chi connectivity index (χ3v) is 3.31. The molecule has 2 unspecified atom stereocenters. The van der Waals surface area contributed by atoms with Gasteiger partial charge in [0.25, 0.3) is 0 Å². The van der Waals surface area contributed by atoms with Gasteiger partial charge in [-0.3, -0.25) is 4.79 Å². The molecule has 1 rings (SSSR count). The van der Waals surface area contributed by atoms with Gasteiger partial charge in [-0.25, -0.2) is 0 Å². The number of aryl methyl sites for hydroxylation is 1. The second-order valence-electron chi connectivity index (χ2n) is 4.90. The van der Waals surface area contributed by atoms with Gasteiger partial charge in [0.05, 0.1) is 19.6 Å². The molecule has 2 atom stereocenters. The van der Waals surface area contributed by atoms with Crippen LogP contribution >= 0.6 is 0 Å². The summed E-state index contributed by atoms with van der Waals surface area (Å²) in [6.45, 7) is 2.30. The minimum absolute atomic E-state index is 0.0183. The topological polar surface area (TPSA) is 99.0 Å². The average Bonchev–Trinajstić information content (AvgIpc) is 2.45. The van der Waals surface area contributed by atoms with E-state index in [2.05, 4.69) is 5.32 Å². The van der Waals surface area contributed by atoms with Gasteiger partial charge in [0, 0.05) is 12.6 Å². The Balaban J connectivity index is 2.87. The Morgan fingerprint density at radius 2 is 2.14 bits per heavy atom. The lowest BCUT2D eigenvalue weighted by Crippen LogP contribution is -2.38. The molecule has 4 N–H and O–H groups in total. The zero-order chi connectivity index (χ0) is 15.8.